The number of hydrogen-bond acceptors (Lipinski definition) is 4. The van der Waals surface area contributed by atoms with Crippen molar-refractivity contribution in [2.45, 2.75) is 43.4 Å². The van der Waals surface area contributed by atoms with E-state index in [0.29, 0.717) is 11.7 Å². The fraction of sp³-hybridized carbons (Fsp3) is 0.318. The second-order valence-corrected chi connectivity index (χ2v) is 8.14. The number of nitrogens with zero attached hydrogens (tertiary/aromatic N) is 2. The quantitative estimate of drug-likeness (QED) is 0.589. The summed E-state index contributed by atoms with van der Waals surface area (Å²) in [4.78, 5) is 24.6. The van der Waals surface area contributed by atoms with Crippen molar-refractivity contribution in [2.24, 2.45) is 0 Å². The molecule has 2 N–H and O–H groups in total. The van der Waals surface area contributed by atoms with E-state index in [1.165, 1.54) is 22.9 Å². The Morgan fingerprint density at radius 3 is 2.83 bits per heavy atom. The van der Waals surface area contributed by atoms with Gasteiger partial charge in [0, 0.05) is 6.54 Å². The number of aryl methyl sites for hydroxylation is 2. The normalized spacial score (nSPS) is 15.7. The minimum absolute atomic E-state index is 0.0400. The lowest BCUT2D eigenvalue weighted by molar-refractivity contribution is -0.119. The topological polar surface area (TPSA) is 79.8 Å². The number of aromatic amines is 1. The van der Waals surface area contributed by atoms with Crippen LogP contribution >= 0.6 is 11.8 Å². The third-order valence-electron chi connectivity index (χ3n) is 5.23. The average molecular weight is 409 g/mol. The van der Waals surface area contributed by atoms with Crippen LogP contribution in [0.4, 0.5) is 0 Å². The van der Waals surface area contributed by atoms with Gasteiger partial charge < -0.3 is 5.32 Å². The minimum Gasteiger partial charge on any atom is -0.349 e. The Morgan fingerprint density at radius 1 is 1.17 bits per heavy atom. The van der Waals surface area contributed by atoms with Crippen molar-refractivity contribution in [2.75, 3.05) is 5.75 Å². The van der Waals surface area contributed by atoms with Gasteiger partial charge in [-0.25, -0.2) is 9.89 Å². The molecule has 1 atom stereocenters. The summed E-state index contributed by atoms with van der Waals surface area (Å²) in [5.41, 5.74) is 3.45. The van der Waals surface area contributed by atoms with Crippen LogP contribution in [0, 0.1) is 0 Å². The second-order valence-electron chi connectivity index (χ2n) is 7.20. The molecule has 1 aliphatic rings. The number of hydrogen-bond donors (Lipinski definition) is 2. The van der Waals surface area contributed by atoms with Gasteiger partial charge in [0.05, 0.1) is 11.8 Å². The van der Waals surface area contributed by atoms with Crippen LogP contribution in [0.2, 0.25) is 0 Å². The van der Waals surface area contributed by atoms with Crippen LogP contribution in [-0.4, -0.2) is 26.4 Å². The number of H-pyrrole nitrogens is 1. The summed E-state index contributed by atoms with van der Waals surface area (Å²) in [6.45, 7) is 0.527. The van der Waals surface area contributed by atoms with E-state index in [4.69, 9.17) is 0 Å². The van der Waals surface area contributed by atoms with E-state index in [-0.39, 0.29) is 23.4 Å². The molecule has 0 saturated carbocycles. The highest BCUT2D eigenvalue weighted by atomic mass is 32.2. The smallest absolute Gasteiger partial charge is 0.343 e. The Morgan fingerprint density at radius 2 is 1.97 bits per heavy atom. The van der Waals surface area contributed by atoms with E-state index in [0.717, 1.165) is 31.2 Å². The van der Waals surface area contributed by atoms with Crippen molar-refractivity contribution in [3.05, 3.63) is 81.8 Å². The highest BCUT2D eigenvalue weighted by molar-refractivity contribution is 7.99. The molecule has 3 aromatic rings. The molecule has 1 aromatic heterocycles. The largest absolute Gasteiger partial charge is 0.349 e. The van der Waals surface area contributed by atoms with Crippen molar-refractivity contribution in [3.63, 3.8) is 0 Å². The number of rotatable bonds is 7. The fourth-order valence-corrected chi connectivity index (χ4v) is 4.55. The van der Waals surface area contributed by atoms with Crippen LogP contribution in [-0.2, 0) is 24.2 Å². The second kappa shape index (κ2) is 9.13. The first-order valence-electron chi connectivity index (χ1n) is 9.90. The summed E-state index contributed by atoms with van der Waals surface area (Å²) in [7, 11) is 0. The predicted octanol–water partition coefficient (Wildman–Crippen LogP) is 3.10. The van der Waals surface area contributed by atoms with Gasteiger partial charge in [-0.3, -0.25) is 9.36 Å². The lowest BCUT2D eigenvalue weighted by Crippen LogP contribution is -2.32. The summed E-state index contributed by atoms with van der Waals surface area (Å²) in [6, 6.07) is 18.4. The van der Waals surface area contributed by atoms with Crippen LogP contribution in [0.1, 0.15) is 35.6 Å². The zero-order valence-corrected chi connectivity index (χ0v) is 17.0. The molecule has 0 saturated heterocycles. The lowest BCUT2D eigenvalue weighted by Gasteiger charge is -2.26. The molecule has 0 aliphatic heterocycles. The zero-order chi connectivity index (χ0) is 20.1. The molecule has 0 bridgehead atoms. The van der Waals surface area contributed by atoms with E-state index in [9.17, 15) is 9.59 Å². The molecule has 2 aromatic carbocycles. The van der Waals surface area contributed by atoms with Crippen molar-refractivity contribution in [3.8, 4) is 0 Å². The maximum atomic E-state index is 12.5. The van der Waals surface area contributed by atoms with E-state index >= 15 is 0 Å². The number of nitrogens with one attached hydrogen (secondary N) is 2. The molecule has 0 spiro atoms. The predicted molar refractivity (Wildman–Crippen MR) is 114 cm³/mol. The van der Waals surface area contributed by atoms with Gasteiger partial charge in [-0.05, 0) is 42.4 Å². The molecule has 0 radical (unpaired) electrons. The third kappa shape index (κ3) is 4.79. The molecule has 29 heavy (non-hydrogen) atoms. The van der Waals surface area contributed by atoms with Crippen LogP contribution < -0.4 is 11.0 Å². The minimum atomic E-state index is -0.245. The maximum absolute atomic E-state index is 12.5. The van der Waals surface area contributed by atoms with Gasteiger partial charge in [-0.1, -0.05) is 66.4 Å². The Balaban J connectivity index is 1.35. The molecule has 1 heterocycles. The molecule has 4 rings (SSSR count). The number of aromatic nitrogens is 3. The van der Waals surface area contributed by atoms with E-state index < -0.39 is 0 Å². The summed E-state index contributed by atoms with van der Waals surface area (Å²) >= 11 is 1.29. The molecular formula is C22H24N4O2S. The molecule has 1 aliphatic carbocycles. The van der Waals surface area contributed by atoms with E-state index in [1.54, 1.807) is 4.57 Å². The zero-order valence-electron chi connectivity index (χ0n) is 16.1. The summed E-state index contributed by atoms with van der Waals surface area (Å²) in [5.74, 6) is 0.190. The molecule has 0 fully saturated rings. The van der Waals surface area contributed by atoms with Gasteiger partial charge in [0.2, 0.25) is 5.91 Å². The number of carbonyl (C=O) groups is 1. The van der Waals surface area contributed by atoms with E-state index in [1.807, 2.05) is 42.5 Å². The Kier molecular flexibility index (Phi) is 6.14. The molecule has 6 nitrogen and oxygen atoms in total. The number of carbonyl (C=O) groups excluding carboxylic acids is 1. The van der Waals surface area contributed by atoms with Crippen LogP contribution in [0.5, 0.6) is 0 Å². The monoisotopic (exact) mass is 408 g/mol. The van der Waals surface area contributed by atoms with E-state index in [2.05, 4.69) is 27.6 Å². The maximum Gasteiger partial charge on any atom is 0.343 e. The molecule has 7 heteroatoms. The lowest BCUT2D eigenvalue weighted by atomic mass is 9.88. The number of amides is 1. The number of fused-ring (bicyclic) bond motifs is 1. The first-order valence-corrected chi connectivity index (χ1v) is 10.9. The van der Waals surface area contributed by atoms with Crippen molar-refractivity contribution in [1.82, 2.24) is 20.1 Å². The van der Waals surface area contributed by atoms with Gasteiger partial charge in [0.15, 0.2) is 5.16 Å². The van der Waals surface area contributed by atoms with Gasteiger partial charge >= 0.3 is 5.69 Å². The first kappa shape index (κ1) is 19.5. The standard InChI is InChI=1S/C22H24N4O2S/c27-20(23-19-12-6-10-17-9-4-5-11-18(17)19)15-29-22-25-24-21(28)26(22)14-13-16-7-2-1-3-8-16/h1-5,7-9,11,19H,6,10,12-15H2,(H,23,27)(H,24,28). The number of thioether (sulfide) groups is 1. The van der Waals surface area contributed by atoms with Gasteiger partial charge in [-0.15, -0.1) is 5.10 Å². The van der Waals surface area contributed by atoms with Crippen LogP contribution in [0.3, 0.4) is 0 Å². The van der Waals surface area contributed by atoms with Crippen LogP contribution in [0.25, 0.3) is 0 Å². The fourth-order valence-electron chi connectivity index (χ4n) is 3.77. The van der Waals surface area contributed by atoms with Crippen molar-refractivity contribution < 1.29 is 4.79 Å². The van der Waals surface area contributed by atoms with Crippen molar-refractivity contribution >= 4 is 17.7 Å². The SMILES string of the molecule is O=C(CSc1n[nH]c(=O)n1CCc1ccccc1)NC1CCCc2ccccc21. The molecule has 150 valence electrons. The highest BCUT2D eigenvalue weighted by Gasteiger charge is 2.21. The first-order chi connectivity index (χ1) is 14.2. The average Bonchev–Trinajstić information content (AvgIpc) is 3.11. The van der Waals surface area contributed by atoms with Gasteiger partial charge in [0.1, 0.15) is 0 Å². The Hall–Kier alpha value is -2.80. The Bertz CT molecular complexity index is 1030. The molecule has 1 amide bonds. The van der Waals surface area contributed by atoms with Gasteiger partial charge in [0.25, 0.3) is 0 Å². The van der Waals surface area contributed by atoms with Crippen molar-refractivity contribution in [1.29, 1.82) is 0 Å². The summed E-state index contributed by atoms with van der Waals surface area (Å²) in [6.07, 6.45) is 3.84. The molecular weight excluding hydrogens is 384 g/mol. The summed E-state index contributed by atoms with van der Waals surface area (Å²) < 4.78 is 1.60. The number of benzene rings is 2. The van der Waals surface area contributed by atoms with Crippen LogP contribution in [0.15, 0.2) is 64.5 Å². The highest BCUT2D eigenvalue weighted by Crippen LogP contribution is 2.29. The molecule has 1 unspecified atom stereocenters. The van der Waals surface area contributed by atoms with Gasteiger partial charge in [-0.2, -0.15) is 0 Å². The third-order valence-corrected chi connectivity index (χ3v) is 6.20. The summed E-state index contributed by atoms with van der Waals surface area (Å²) in [5, 5.41) is 10.3. The Labute approximate surface area is 173 Å².